The van der Waals surface area contributed by atoms with Crippen molar-refractivity contribution in [3.05, 3.63) is 93.5 Å². The number of likely N-dealkylation sites (N-methyl/N-ethyl adjacent to an activating group) is 2. The summed E-state index contributed by atoms with van der Waals surface area (Å²) in [4.78, 5) is 35.8. The number of hydrogen-bond acceptors (Lipinski definition) is 8. The van der Waals surface area contributed by atoms with Crippen LogP contribution in [0, 0.1) is 0 Å². The first kappa shape index (κ1) is 38.8. The second kappa shape index (κ2) is 18.3. The zero-order valence-corrected chi connectivity index (χ0v) is 29.4. The van der Waals surface area contributed by atoms with Crippen LogP contribution >= 0.6 is 11.6 Å². The number of benzene rings is 3. The lowest BCUT2D eigenvalue weighted by Gasteiger charge is -2.36. The number of aliphatic hydroxyl groups is 1. The Morgan fingerprint density at radius 1 is 0.980 bits per heavy atom. The van der Waals surface area contributed by atoms with Gasteiger partial charge in [0, 0.05) is 63.6 Å². The minimum atomic E-state index is -4.65. The summed E-state index contributed by atoms with van der Waals surface area (Å²) in [5, 5.41) is 15.6. The Balaban J connectivity index is 1.53. The number of halogens is 4. The quantitative estimate of drug-likeness (QED) is 0.146. The number of hydrogen-bond donors (Lipinski definition) is 3. The molecule has 3 aromatic carbocycles. The highest BCUT2D eigenvalue weighted by Crippen LogP contribution is 2.35. The van der Waals surface area contributed by atoms with Crippen molar-refractivity contribution in [2.75, 3.05) is 82.8 Å². The Hall–Kier alpha value is -4.01. The summed E-state index contributed by atoms with van der Waals surface area (Å²) >= 11 is 5.72. The number of rotatable bonds is 15. The van der Waals surface area contributed by atoms with E-state index in [-0.39, 0.29) is 23.4 Å². The predicted molar refractivity (Wildman–Crippen MR) is 192 cm³/mol. The summed E-state index contributed by atoms with van der Waals surface area (Å²) in [6.45, 7) is 12.2. The third-order valence-corrected chi connectivity index (χ3v) is 8.99. The van der Waals surface area contributed by atoms with Gasteiger partial charge in [-0.3, -0.25) is 14.5 Å². The summed E-state index contributed by atoms with van der Waals surface area (Å²) < 4.78 is 40.0. The maximum absolute atomic E-state index is 13.5. The molecule has 2 amide bonds. The van der Waals surface area contributed by atoms with Crippen LogP contribution in [0.25, 0.3) is 0 Å². The molecule has 1 heterocycles. The zero-order chi connectivity index (χ0) is 36.3. The Morgan fingerprint density at radius 3 is 2.40 bits per heavy atom. The molecule has 0 saturated carbocycles. The monoisotopic (exact) mass is 715 g/mol. The Bertz CT molecular complexity index is 1630. The lowest BCUT2D eigenvalue weighted by molar-refractivity contribution is -0.137. The number of anilines is 2. The number of hydrazone groups is 1. The van der Waals surface area contributed by atoms with E-state index in [1.54, 1.807) is 18.2 Å². The van der Waals surface area contributed by atoms with Crippen molar-refractivity contribution in [2.45, 2.75) is 26.6 Å². The molecule has 270 valence electrons. The molecule has 10 nitrogen and oxygen atoms in total. The molecule has 1 aliphatic heterocycles. The maximum atomic E-state index is 13.5. The number of carbonyl (C=O) groups is 2. The van der Waals surface area contributed by atoms with Crippen LogP contribution in [-0.2, 0) is 12.7 Å². The van der Waals surface area contributed by atoms with E-state index in [0.717, 1.165) is 68.9 Å². The number of aliphatic hydroxyl groups excluding tert-OH is 1. The van der Waals surface area contributed by atoms with Gasteiger partial charge in [0.05, 0.1) is 34.7 Å². The van der Waals surface area contributed by atoms with Crippen molar-refractivity contribution in [3.8, 4) is 0 Å². The number of amides is 2. The average Bonchev–Trinajstić information content (AvgIpc) is 3.09. The summed E-state index contributed by atoms with van der Waals surface area (Å²) in [6.07, 6.45) is -3.56. The van der Waals surface area contributed by atoms with E-state index in [9.17, 15) is 27.9 Å². The molecule has 0 unspecified atom stereocenters. The zero-order valence-electron chi connectivity index (χ0n) is 28.6. The van der Waals surface area contributed by atoms with Gasteiger partial charge in [0.25, 0.3) is 11.8 Å². The van der Waals surface area contributed by atoms with E-state index in [1.807, 2.05) is 31.3 Å². The fourth-order valence-corrected chi connectivity index (χ4v) is 5.94. The standard InChI is InChI=1S/C36H45ClF3N7O3/c1-4-45(5-2)14-13-44(3)25-27-7-6-8-28(21-27)34(49)42-33-12-10-29(47-17-15-46(16-18-47)19-20-48)23-30(33)35(50)43-41-24-26-9-11-32(37)31(22-26)36(38,39)40/h6-12,21-24,48H,4-5,13-20,25H2,1-3H3,(H,42,49)(H,43,50)/b41-24-. The third-order valence-electron chi connectivity index (χ3n) is 8.66. The summed E-state index contributed by atoms with van der Waals surface area (Å²) in [6, 6.07) is 15.8. The molecule has 1 fully saturated rings. The molecule has 50 heavy (non-hydrogen) atoms. The van der Waals surface area contributed by atoms with Crippen molar-refractivity contribution in [1.29, 1.82) is 0 Å². The van der Waals surface area contributed by atoms with Crippen LogP contribution in [0.15, 0.2) is 65.8 Å². The molecule has 3 N–H and O–H groups in total. The van der Waals surface area contributed by atoms with E-state index < -0.39 is 28.6 Å². The normalized spacial score (nSPS) is 14.2. The first-order valence-corrected chi connectivity index (χ1v) is 17.0. The van der Waals surface area contributed by atoms with E-state index in [1.165, 1.54) is 6.07 Å². The van der Waals surface area contributed by atoms with Crippen molar-refractivity contribution < 1.29 is 27.9 Å². The fraction of sp³-hybridized carbons (Fsp3) is 0.417. The van der Waals surface area contributed by atoms with E-state index in [2.05, 4.69) is 49.3 Å². The third kappa shape index (κ3) is 11.0. The van der Waals surface area contributed by atoms with Crippen LogP contribution in [0.1, 0.15) is 51.3 Å². The van der Waals surface area contributed by atoms with Crippen molar-refractivity contribution in [3.63, 3.8) is 0 Å². The Labute approximate surface area is 296 Å². The molecule has 0 radical (unpaired) electrons. The first-order valence-electron chi connectivity index (χ1n) is 16.6. The highest BCUT2D eigenvalue weighted by Gasteiger charge is 2.33. The first-order chi connectivity index (χ1) is 23.9. The van der Waals surface area contributed by atoms with Gasteiger partial charge in [-0.2, -0.15) is 18.3 Å². The van der Waals surface area contributed by atoms with Crippen molar-refractivity contribution in [1.82, 2.24) is 20.1 Å². The molecule has 3 aromatic rings. The second-order valence-electron chi connectivity index (χ2n) is 12.1. The summed E-state index contributed by atoms with van der Waals surface area (Å²) in [5.74, 6) is -1.06. The molecular formula is C36H45ClF3N7O3. The van der Waals surface area contributed by atoms with Crippen LogP contribution in [0.3, 0.4) is 0 Å². The fourth-order valence-electron chi connectivity index (χ4n) is 5.71. The molecule has 0 aromatic heterocycles. The van der Waals surface area contributed by atoms with Gasteiger partial charge < -0.3 is 25.1 Å². The van der Waals surface area contributed by atoms with Gasteiger partial charge in [0.1, 0.15) is 0 Å². The summed E-state index contributed by atoms with van der Waals surface area (Å²) in [7, 11) is 2.04. The molecule has 0 bridgehead atoms. The molecule has 4 rings (SSSR count). The summed E-state index contributed by atoms with van der Waals surface area (Å²) in [5.41, 5.74) is 3.99. The molecule has 0 aliphatic carbocycles. The van der Waals surface area contributed by atoms with Crippen LogP contribution in [0.4, 0.5) is 24.5 Å². The highest BCUT2D eigenvalue weighted by molar-refractivity contribution is 6.31. The lowest BCUT2D eigenvalue weighted by atomic mass is 10.1. The van der Waals surface area contributed by atoms with Crippen LogP contribution in [0.2, 0.25) is 5.02 Å². The smallest absolute Gasteiger partial charge is 0.395 e. The van der Waals surface area contributed by atoms with Crippen molar-refractivity contribution in [2.24, 2.45) is 5.10 Å². The maximum Gasteiger partial charge on any atom is 0.417 e. The topological polar surface area (TPSA) is 104 Å². The van der Waals surface area contributed by atoms with E-state index >= 15 is 0 Å². The van der Waals surface area contributed by atoms with Gasteiger partial charge in [0.2, 0.25) is 0 Å². The second-order valence-corrected chi connectivity index (χ2v) is 12.5. The van der Waals surface area contributed by atoms with E-state index in [4.69, 9.17) is 11.6 Å². The average molecular weight is 716 g/mol. The molecule has 0 atom stereocenters. The van der Waals surface area contributed by atoms with E-state index in [0.29, 0.717) is 31.7 Å². The number of nitrogens with zero attached hydrogens (tertiary/aromatic N) is 5. The van der Waals surface area contributed by atoms with Crippen LogP contribution < -0.4 is 15.6 Å². The SMILES string of the molecule is CCN(CC)CCN(C)Cc1cccc(C(=O)Nc2ccc(N3CCN(CCO)CC3)cc2C(=O)N/N=C\c2ccc(Cl)c(C(F)(F)F)c2)c1. The highest BCUT2D eigenvalue weighted by atomic mass is 35.5. The van der Waals surface area contributed by atoms with Gasteiger partial charge in [0.15, 0.2) is 0 Å². The lowest BCUT2D eigenvalue weighted by Crippen LogP contribution is -2.47. The number of carbonyl (C=O) groups excluding carboxylic acids is 2. The molecule has 1 saturated heterocycles. The molecular weight excluding hydrogens is 671 g/mol. The van der Waals surface area contributed by atoms with Crippen LogP contribution in [0.5, 0.6) is 0 Å². The van der Waals surface area contributed by atoms with Crippen LogP contribution in [-0.4, -0.2) is 110 Å². The predicted octanol–water partition coefficient (Wildman–Crippen LogP) is 5.26. The van der Waals surface area contributed by atoms with Crippen molar-refractivity contribution >= 4 is 41.0 Å². The van der Waals surface area contributed by atoms with Gasteiger partial charge in [-0.25, -0.2) is 5.43 Å². The minimum absolute atomic E-state index is 0.0725. The molecule has 0 spiro atoms. The van der Waals surface area contributed by atoms with Gasteiger partial charge in [-0.15, -0.1) is 0 Å². The van der Waals surface area contributed by atoms with Gasteiger partial charge in [-0.1, -0.05) is 43.6 Å². The minimum Gasteiger partial charge on any atom is -0.395 e. The Kier molecular flexibility index (Phi) is 14.2. The molecule has 1 aliphatic rings. The number of piperazine rings is 1. The number of alkyl halides is 3. The van der Waals surface area contributed by atoms with Gasteiger partial charge in [-0.05, 0) is 73.7 Å². The molecule has 14 heteroatoms. The Morgan fingerprint density at radius 2 is 1.72 bits per heavy atom. The van der Waals surface area contributed by atoms with Gasteiger partial charge >= 0.3 is 6.18 Å². The number of nitrogens with one attached hydrogen (secondary N) is 2. The number of β-amino-alcohol motifs (C(OH)–C–C–N with tert-alkyl or cyclic N) is 1. The largest absolute Gasteiger partial charge is 0.417 e.